The highest BCUT2D eigenvalue weighted by molar-refractivity contribution is 4.81. The number of hydrogen-bond donors (Lipinski definition) is 0. The zero-order valence-corrected chi connectivity index (χ0v) is 14.9. The molecular weight excluding hydrogens is 312 g/mol. The Hall–Kier alpha value is -0.500. The van der Waals surface area contributed by atoms with E-state index in [-0.39, 0.29) is 0 Å². The van der Waals surface area contributed by atoms with E-state index >= 15 is 0 Å². The summed E-state index contributed by atoms with van der Waals surface area (Å²) in [5, 5.41) is 0. The topological polar surface area (TPSA) is 55.4 Å². The van der Waals surface area contributed by atoms with Crippen molar-refractivity contribution in [3.8, 4) is 0 Å². The summed E-state index contributed by atoms with van der Waals surface area (Å²) in [6.07, 6.45) is 8.66. The van der Waals surface area contributed by atoms with Gasteiger partial charge in [-0.05, 0) is 25.7 Å². The molecule has 0 spiro atoms. The molecule has 1 aliphatic rings. The lowest BCUT2D eigenvalue weighted by molar-refractivity contribution is -0.0168. The molecule has 0 saturated heterocycles. The highest BCUT2D eigenvalue weighted by atomic mass is 16.6. The van der Waals surface area contributed by atoms with Gasteiger partial charge in [0.25, 0.3) is 0 Å². The maximum absolute atomic E-state index is 5.52. The average molecular weight is 346 g/mol. The average Bonchev–Trinajstić information content (AvgIpc) is 2.59. The predicted octanol–water partition coefficient (Wildman–Crippen LogP) is 2.22. The van der Waals surface area contributed by atoms with Gasteiger partial charge in [-0.15, -0.1) is 0 Å². The lowest BCUT2D eigenvalue weighted by atomic mass is 10.2. The van der Waals surface area contributed by atoms with Gasteiger partial charge in [0.15, 0.2) is 0 Å². The van der Waals surface area contributed by atoms with Crippen molar-refractivity contribution in [1.29, 1.82) is 0 Å². The van der Waals surface area contributed by atoms with Gasteiger partial charge in [-0.2, -0.15) is 0 Å². The van der Waals surface area contributed by atoms with E-state index < -0.39 is 0 Å². The van der Waals surface area contributed by atoms with E-state index in [1.807, 2.05) is 0 Å². The summed E-state index contributed by atoms with van der Waals surface area (Å²) in [4.78, 5) is 0. The summed E-state index contributed by atoms with van der Waals surface area (Å²) in [5.41, 5.74) is 0. The molecule has 24 heavy (non-hydrogen) atoms. The monoisotopic (exact) mass is 346 g/mol. The highest BCUT2D eigenvalue weighted by Gasteiger charge is 1.94. The normalized spacial score (nSPS) is 23.3. The van der Waals surface area contributed by atoms with Gasteiger partial charge in [-0.1, -0.05) is 12.2 Å². The van der Waals surface area contributed by atoms with Crippen molar-refractivity contribution in [2.45, 2.75) is 25.7 Å². The van der Waals surface area contributed by atoms with E-state index in [1.54, 1.807) is 0 Å². The van der Waals surface area contributed by atoms with Crippen LogP contribution in [-0.4, -0.2) is 79.3 Å². The molecule has 1 aliphatic heterocycles. The SMILES string of the molecule is C1=CCCCOCCOCCOCCOCCOCCOCCC1. The second-order valence-electron chi connectivity index (χ2n) is 5.43. The van der Waals surface area contributed by atoms with Crippen molar-refractivity contribution in [2.24, 2.45) is 0 Å². The Kier molecular flexibility index (Phi) is 16.9. The maximum atomic E-state index is 5.52. The fraction of sp³-hybridized carbons (Fsp3) is 0.889. The van der Waals surface area contributed by atoms with Gasteiger partial charge in [0, 0.05) is 13.2 Å². The van der Waals surface area contributed by atoms with E-state index in [4.69, 9.17) is 28.4 Å². The molecule has 6 heteroatoms. The molecule has 0 fully saturated rings. The molecule has 0 aliphatic carbocycles. The molecule has 142 valence electrons. The molecule has 0 atom stereocenters. The molecule has 0 unspecified atom stereocenters. The molecular formula is C18H34O6. The Morgan fingerprint density at radius 2 is 0.583 bits per heavy atom. The van der Waals surface area contributed by atoms with Crippen LogP contribution in [0.1, 0.15) is 25.7 Å². The van der Waals surface area contributed by atoms with Gasteiger partial charge in [0.1, 0.15) is 0 Å². The highest BCUT2D eigenvalue weighted by Crippen LogP contribution is 1.97. The first-order chi connectivity index (χ1) is 12.0. The van der Waals surface area contributed by atoms with Crippen LogP contribution in [0.4, 0.5) is 0 Å². The summed E-state index contributed by atoms with van der Waals surface area (Å²) in [7, 11) is 0. The molecule has 0 aromatic carbocycles. The third-order valence-electron chi connectivity index (χ3n) is 3.35. The second kappa shape index (κ2) is 18.8. The number of ether oxygens (including phenoxy) is 6. The molecule has 1 heterocycles. The van der Waals surface area contributed by atoms with Crippen LogP contribution < -0.4 is 0 Å². The molecule has 0 N–H and O–H groups in total. The Balaban J connectivity index is 2.05. The molecule has 1 rings (SSSR count). The van der Waals surface area contributed by atoms with Crippen LogP contribution >= 0.6 is 0 Å². The largest absolute Gasteiger partial charge is 0.379 e. The molecule has 0 amide bonds. The van der Waals surface area contributed by atoms with E-state index in [0.29, 0.717) is 66.1 Å². The minimum Gasteiger partial charge on any atom is -0.379 e. The Labute approximate surface area is 146 Å². The first-order valence-corrected chi connectivity index (χ1v) is 9.11. The van der Waals surface area contributed by atoms with E-state index in [9.17, 15) is 0 Å². The lowest BCUT2D eigenvalue weighted by Gasteiger charge is -2.08. The van der Waals surface area contributed by atoms with Crippen LogP contribution in [0.15, 0.2) is 12.2 Å². The first kappa shape index (κ1) is 21.5. The van der Waals surface area contributed by atoms with Crippen LogP contribution in [0.25, 0.3) is 0 Å². The van der Waals surface area contributed by atoms with Crippen molar-refractivity contribution < 1.29 is 28.4 Å². The van der Waals surface area contributed by atoms with Gasteiger partial charge in [0.05, 0.1) is 66.1 Å². The van der Waals surface area contributed by atoms with Gasteiger partial charge < -0.3 is 28.4 Å². The van der Waals surface area contributed by atoms with Crippen molar-refractivity contribution in [2.75, 3.05) is 79.3 Å². The van der Waals surface area contributed by atoms with Gasteiger partial charge in [0.2, 0.25) is 0 Å². The molecule has 6 nitrogen and oxygen atoms in total. The van der Waals surface area contributed by atoms with E-state index in [0.717, 1.165) is 38.9 Å². The van der Waals surface area contributed by atoms with Crippen LogP contribution in [0.5, 0.6) is 0 Å². The lowest BCUT2D eigenvalue weighted by Crippen LogP contribution is -2.14. The number of hydrogen-bond acceptors (Lipinski definition) is 6. The Bertz CT molecular complexity index is 246. The molecule has 0 radical (unpaired) electrons. The van der Waals surface area contributed by atoms with Crippen LogP contribution in [0.3, 0.4) is 0 Å². The minimum atomic E-state index is 0.580. The zero-order valence-electron chi connectivity index (χ0n) is 14.9. The summed E-state index contributed by atoms with van der Waals surface area (Å²) in [5.74, 6) is 0. The van der Waals surface area contributed by atoms with Gasteiger partial charge in [-0.25, -0.2) is 0 Å². The molecule has 0 bridgehead atoms. The van der Waals surface area contributed by atoms with E-state index in [2.05, 4.69) is 12.2 Å². The summed E-state index contributed by atoms with van der Waals surface area (Å²) in [6, 6.07) is 0. The quantitative estimate of drug-likeness (QED) is 0.627. The molecule has 0 saturated carbocycles. The van der Waals surface area contributed by atoms with Crippen molar-refractivity contribution in [3.63, 3.8) is 0 Å². The van der Waals surface area contributed by atoms with Crippen molar-refractivity contribution in [3.05, 3.63) is 12.2 Å². The number of rotatable bonds is 0. The van der Waals surface area contributed by atoms with Gasteiger partial charge in [-0.3, -0.25) is 0 Å². The predicted molar refractivity (Wildman–Crippen MR) is 92.5 cm³/mol. The zero-order chi connectivity index (χ0) is 17.0. The number of allylic oxidation sites excluding steroid dienone is 2. The van der Waals surface area contributed by atoms with Crippen LogP contribution in [0, 0.1) is 0 Å². The van der Waals surface area contributed by atoms with E-state index in [1.165, 1.54) is 0 Å². The fourth-order valence-corrected chi connectivity index (χ4v) is 2.04. The summed E-state index contributed by atoms with van der Waals surface area (Å²) >= 11 is 0. The second-order valence-corrected chi connectivity index (χ2v) is 5.43. The van der Waals surface area contributed by atoms with Crippen molar-refractivity contribution >= 4 is 0 Å². The minimum absolute atomic E-state index is 0.580. The molecule has 0 aromatic rings. The third kappa shape index (κ3) is 16.4. The smallest absolute Gasteiger partial charge is 0.0701 e. The first-order valence-electron chi connectivity index (χ1n) is 9.11. The standard InChI is InChI=1S/C18H34O6/c1-2-4-6-8-20-10-12-22-14-16-24-18-17-23-15-13-21-11-9-19-7-5-3-1/h1-2H,3-18H2. The van der Waals surface area contributed by atoms with Crippen LogP contribution in [-0.2, 0) is 28.4 Å². The summed E-state index contributed by atoms with van der Waals surface area (Å²) < 4.78 is 32.7. The maximum Gasteiger partial charge on any atom is 0.0701 e. The Morgan fingerprint density at radius 1 is 0.333 bits per heavy atom. The van der Waals surface area contributed by atoms with Crippen molar-refractivity contribution in [1.82, 2.24) is 0 Å². The van der Waals surface area contributed by atoms with Gasteiger partial charge >= 0.3 is 0 Å². The molecule has 0 aromatic heterocycles. The summed E-state index contributed by atoms with van der Waals surface area (Å²) in [6.45, 7) is 7.60. The van der Waals surface area contributed by atoms with Crippen LogP contribution in [0.2, 0.25) is 0 Å². The fourth-order valence-electron chi connectivity index (χ4n) is 2.04. The Morgan fingerprint density at radius 3 is 0.875 bits per heavy atom. The third-order valence-corrected chi connectivity index (χ3v) is 3.35.